The van der Waals surface area contributed by atoms with Crippen LogP contribution in [0.4, 0.5) is 5.69 Å². The summed E-state index contributed by atoms with van der Waals surface area (Å²) < 4.78 is 27.6. The summed E-state index contributed by atoms with van der Waals surface area (Å²) in [6, 6.07) is 9.95. The van der Waals surface area contributed by atoms with Gasteiger partial charge in [-0.05, 0) is 54.0 Å². The molecule has 1 aromatic heterocycles. The van der Waals surface area contributed by atoms with Gasteiger partial charge < -0.3 is 5.32 Å². The zero-order chi connectivity index (χ0) is 18.3. The molecule has 0 spiro atoms. The van der Waals surface area contributed by atoms with E-state index in [2.05, 4.69) is 10.0 Å². The molecule has 2 N–H and O–H groups in total. The lowest BCUT2D eigenvalue weighted by atomic mass is 10.1. The largest absolute Gasteiger partial charge is 0.325 e. The van der Waals surface area contributed by atoms with Gasteiger partial charge in [-0.1, -0.05) is 25.1 Å². The molecular formula is C17H22N2O3S3. The van der Waals surface area contributed by atoms with Gasteiger partial charge in [0, 0.05) is 5.69 Å². The van der Waals surface area contributed by atoms with Crippen molar-refractivity contribution in [3.05, 3.63) is 47.3 Å². The Labute approximate surface area is 157 Å². The van der Waals surface area contributed by atoms with Crippen LogP contribution >= 0.6 is 23.1 Å². The van der Waals surface area contributed by atoms with E-state index in [1.165, 1.54) is 6.07 Å². The predicted octanol–water partition coefficient (Wildman–Crippen LogP) is 3.35. The Morgan fingerprint density at radius 3 is 2.72 bits per heavy atom. The molecule has 0 saturated heterocycles. The van der Waals surface area contributed by atoms with Gasteiger partial charge in [-0.15, -0.1) is 11.3 Å². The average Bonchev–Trinajstić information content (AvgIpc) is 3.14. The van der Waals surface area contributed by atoms with Crippen molar-refractivity contribution < 1.29 is 13.2 Å². The number of hydrogen-bond donors (Lipinski definition) is 2. The molecule has 8 heteroatoms. The molecule has 0 unspecified atom stereocenters. The molecule has 1 aromatic carbocycles. The highest BCUT2D eigenvalue weighted by Crippen LogP contribution is 2.18. The first kappa shape index (κ1) is 20.0. The second kappa shape index (κ2) is 9.38. The smallest absolute Gasteiger partial charge is 0.250 e. The van der Waals surface area contributed by atoms with Crippen LogP contribution < -0.4 is 10.0 Å². The van der Waals surface area contributed by atoms with Crippen molar-refractivity contribution in [3.63, 3.8) is 0 Å². The summed E-state index contributed by atoms with van der Waals surface area (Å²) in [7, 11) is -3.70. The standard InChI is InChI=1S/C17H22N2O3S3/c1-3-13-6-4-7-14(12-13)18-17(20)15(9-11-23-2)19-25(21,22)16-8-5-10-24-16/h4-8,10,12,15,19H,3,9,11H2,1-2H3,(H,18,20)/t15-/m0/s1. The SMILES string of the molecule is CCc1cccc(NC(=O)[C@H](CCSC)NS(=O)(=O)c2cccs2)c1. The minimum Gasteiger partial charge on any atom is -0.325 e. The van der Waals surface area contributed by atoms with E-state index in [4.69, 9.17) is 0 Å². The van der Waals surface area contributed by atoms with E-state index < -0.39 is 16.1 Å². The van der Waals surface area contributed by atoms with Gasteiger partial charge in [-0.3, -0.25) is 4.79 Å². The van der Waals surface area contributed by atoms with Gasteiger partial charge in [0.2, 0.25) is 5.91 Å². The number of aryl methyl sites for hydroxylation is 1. The maximum atomic E-state index is 12.6. The lowest BCUT2D eigenvalue weighted by Gasteiger charge is -2.18. The highest BCUT2D eigenvalue weighted by atomic mass is 32.2. The van der Waals surface area contributed by atoms with Crippen molar-refractivity contribution in [3.8, 4) is 0 Å². The molecule has 25 heavy (non-hydrogen) atoms. The minimum atomic E-state index is -3.70. The Kier molecular flexibility index (Phi) is 7.49. The van der Waals surface area contributed by atoms with Gasteiger partial charge in [-0.2, -0.15) is 16.5 Å². The van der Waals surface area contributed by atoms with Crippen LogP contribution in [0, 0.1) is 0 Å². The summed E-state index contributed by atoms with van der Waals surface area (Å²) in [5.74, 6) is 0.336. The summed E-state index contributed by atoms with van der Waals surface area (Å²) in [6.07, 6.45) is 3.21. The fraction of sp³-hybridized carbons (Fsp3) is 0.353. The first-order valence-electron chi connectivity index (χ1n) is 7.91. The van der Waals surface area contributed by atoms with Crippen molar-refractivity contribution in [2.45, 2.75) is 30.0 Å². The van der Waals surface area contributed by atoms with Gasteiger partial charge in [0.1, 0.15) is 10.3 Å². The number of amides is 1. The highest BCUT2D eigenvalue weighted by molar-refractivity contribution is 7.98. The minimum absolute atomic E-state index is 0.211. The van der Waals surface area contributed by atoms with Crippen LogP contribution in [0.25, 0.3) is 0 Å². The number of rotatable bonds is 9. The lowest BCUT2D eigenvalue weighted by molar-refractivity contribution is -0.117. The number of thioether (sulfide) groups is 1. The molecular weight excluding hydrogens is 376 g/mol. The molecule has 0 bridgehead atoms. The molecule has 0 fully saturated rings. The molecule has 0 radical (unpaired) electrons. The zero-order valence-corrected chi connectivity index (χ0v) is 16.6. The fourth-order valence-electron chi connectivity index (χ4n) is 2.24. The topological polar surface area (TPSA) is 75.3 Å². The number of benzene rings is 1. The van der Waals surface area contributed by atoms with Crippen LogP contribution in [-0.2, 0) is 21.2 Å². The summed E-state index contributed by atoms with van der Waals surface area (Å²) in [6.45, 7) is 2.04. The summed E-state index contributed by atoms with van der Waals surface area (Å²) in [5.41, 5.74) is 1.78. The van der Waals surface area contributed by atoms with Crippen LogP contribution in [0.3, 0.4) is 0 Å². The Bertz CT molecular complexity index is 789. The van der Waals surface area contributed by atoms with E-state index in [1.54, 1.807) is 29.3 Å². The van der Waals surface area contributed by atoms with Gasteiger partial charge in [-0.25, -0.2) is 8.42 Å². The number of thiophene rings is 1. The second-order valence-corrected chi connectivity index (χ2v) is 9.30. The zero-order valence-electron chi connectivity index (χ0n) is 14.2. The molecule has 1 atom stereocenters. The molecule has 1 amide bonds. The van der Waals surface area contributed by atoms with E-state index in [0.29, 0.717) is 17.9 Å². The third kappa shape index (κ3) is 5.85. The second-order valence-electron chi connectivity index (χ2n) is 5.43. The van der Waals surface area contributed by atoms with Crippen molar-refractivity contribution in [1.82, 2.24) is 4.72 Å². The number of anilines is 1. The summed E-state index contributed by atoms with van der Waals surface area (Å²) >= 11 is 2.70. The monoisotopic (exact) mass is 398 g/mol. The number of carbonyl (C=O) groups excluding carboxylic acids is 1. The normalized spacial score (nSPS) is 12.7. The van der Waals surface area contributed by atoms with Gasteiger partial charge in [0.15, 0.2) is 0 Å². The van der Waals surface area contributed by atoms with Crippen molar-refractivity contribution in [2.24, 2.45) is 0 Å². The quantitative estimate of drug-likeness (QED) is 0.679. The first-order chi connectivity index (χ1) is 12.0. The molecule has 136 valence electrons. The van der Waals surface area contributed by atoms with Crippen LogP contribution in [0.2, 0.25) is 0 Å². The number of nitrogens with one attached hydrogen (secondary N) is 2. The van der Waals surface area contributed by atoms with E-state index in [9.17, 15) is 13.2 Å². The van der Waals surface area contributed by atoms with Crippen LogP contribution in [-0.4, -0.2) is 32.4 Å². The Hall–Kier alpha value is -1.35. The Balaban J connectivity index is 2.14. The van der Waals surface area contributed by atoms with Crippen LogP contribution in [0.15, 0.2) is 46.0 Å². The maximum Gasteiger partial charge on any atom is 0.250 e. The molecule has 0 aliphatic carbocycles. The highest BCUT2D eigenvalue weighted by Gasteiger charge is 2.26. The molecule has 5 nitrogen and oxygen atoms in total. The summed E-state index contributed by atoms with van der Waals surface area (Å²) in [5, 5.41) is 4.52. The fourth-order valence-corrected chi connectivity index (χ4v) is 4.95. The average molecular weight is 399 g/mol. The third-order valence-corrected chi connectivity index (χ3v) is 7.10. The molecule has 0 saturated carbocycles. The van der Waals surface area contributed by atoms with Crippen molar-refractivity contribution in [2.75, 3.05) is 17.3 Å². The number of sulfonamides is 1. The van der Waals surface area contributed by atoms with Gasteiger partial charge >= 0.3 is 0 Å². The van der Waals surface area contributed by atoms with Crippen LogP contribution in [0.5, 0.6) is 0 Å². The molecule has 2 aromatic rings. The van der Waals surface area contributed by atoms with Gasteiger partial charge in [0.25, 0.3) is 10.0 Å². The van der Waals surface area contributed by atoms with E-state index >= 15 is 0 Å². The van der Waals surface area contributed by atoms with E-state index in [-0.39, 0.29) is 10.1 Å². The maximum absolute atomic E-state index is 12.6. The molecule has 0 aliphatic rings. The predicted molar refractivity (Wildman–Crippen MR) is 106 cm³/mol. The third-order valence-electron chi connectivity index (χ3n) is 3.59. The lowest BCUT2D eigenvalue weighted by Crippen LogP contribution is -2.43. The summed E-state index contributed by atoms with van der Waals surface area (Å²) in [4.78, 5) is 12.6. The Morgan fingerprint density at radius 2 is 2.08 bits per heavy atom. The number of carbonyl (C=O) groups is 1. The molecule has 0 aliphatic heterocycles. The molecule has 2 rings (SSSR count). The first-order valence-corrected chi connectivity index (χ1v) is 11.7. The van der Waals surface area contributed by atoms with Crippen molar-refractivity contribution in [1.29, 1.82) is 0 Å². The van der Waals surface area contributed by atoms with Crippen molar-refractivity contribution >= 4 is 44.7 Å². The van der Waals surface area contributed by atoms with Gasteiger partial charge in [0.05, 0.1) is 0 Å². The van der Waals surface area contributed by atoms with E-state index in [1.807, 2.05) is 31.4 Å². The Morgan fingerprint density at radius 1 is 1.28 bits per heavy atom. The van der Waals surface area contributed by atoms with Crippen LogP contribution in [0.1, 0.15) is 18.9 Å². The van der Waals surface area contributed by atoms with E-state index in [0.717, 1.165) is 23.3 Å². The number of hydrogen-bond acceptors (Lipinski definition) is 5. The molecule has 1 heterocycles.